The second-order valence-corrected chi connectivity index (χ2v) is 4.11. The van der Waals surface area contributed by atoms with Gasteiger partial charge in [0.2, 0.25) is 0 Å². The topological polar surface area (TPSA) is 53.3 Å². The van der Waals surface area contributed by atoms with Crippen molar-refractivity contribution in [3.63, 3.8) is 0 Å². The van der Waals surface area contributed by atoms with Crippen molar-refractivity contribution >= 4 is 7.52 Å². The number of nitrogens with zero attached hydrogens (tertiary/aromatic N) is 2. The first-order valence-corrected chi connectivity index (χ1v) is 5.04. The molecule has 4 nitrogen and oxygen atoms in total. The second kappa shape index (κ2) is 4.50. The van der Waals surface area contributed by atoms with E-state index in [1.165, 1.54) is 11.8 Å². The highest BCUT2D eigenvalue weighted by Crippen LogP contribution is 2.47. The van der Waals surface area contributed by atoms with Crippen molar-refractivity contribution in [3.05, 3.63) is 0 Å². The lowest BCUT2D eigenvalue weighted by atomic mass is 10.7. The van der Waals surface area contributed by atoms with E-state index in [2.05, 4.69) is 4.52 Å². The van der Waals surface area contributed by atoms with E-state index in [-0.39, 0.29) is 0 Å². The van der Waals surface area contributed by atoms with Crippen molar-refractivity contribution in [1.29, 1.82) is 5.26 Å². The van der Waals surface area contributed by atoms with Crippen LogP contribution in [0.1, 0.15) is 13.8 Å². The molecular formula is C6H13N2O2P. The maximum Gasteiger partial charge on any atom is 0.370 e. The Balaban J connectivity index is 4.50. The highest BCUT2D eigenvalue weighted by atomic mass is 31.2. The zero-order chi connectivity index (χ0) is 8.91. The summed E-state index contributed by atoms with van der Waals surface area (Å²) in [6, 6.07) is 0. The Morgan fingerprint density at radius 1 is 1.55 bits per heavy atom. The van der Waals surface area contributed by atoms with Crippen LogP contribution >= 0.6 is 7.52 Å². The largest absolute Gasteiger partial charge is 0.370 e. The fraction of sp³-hybridized carbons (Fsp3) is 0.833. The number of nitriles is 1. The van der Waals surface area contributed by atoms with Gasteiger partial charge in [-0.05, 0) is 0 Å². The maximum absolute atomic E-state index is 11.5. The predicted octanol–water partition coefficient (Wildman–Crippen LogP) is 1.65. The lowest BCUT2D eigenvalue weighted by Gasteiger charge is -2.21. The zero-order valence-corrected chi connectivity index (χ0v) is 7.97. The quantitative estimate of drug-likeness (QED) is 0.611. The van der Waals surface area contributed by atoms with Gasteiger partial charge in [0, 0.05) is 20.2 Å². The fourth-order valence-electron chi connectivity index (χ4n) is 0.816. The molecule has 0 aromatic heterocycles. The summed E-state index contributed by atoms with van der Waals surface area (Å²) < 4.78 is 17.6. The number of rotatable bonds is 4. The van der Waals surface area contributed by atoms with E-state index in [4.69, 9.17) is 5.26 Å². The Kier molecular flexibility index (Phi) is 4.36. The van der Waals surface area contributed by atoms with Crippen LogP contribution in [0.25, 0.3) is 0 Å². The van der Waals surface area contributed by atoms with Crippen molar-refractivity contribution in [1.82, 2.24) is 4.67 Å². The molecule has 0 spiro atoms. The fourth-order valence-corrected chi connectivity index (χ4v) is 2.00. The van der Waals surface area contributed by atoms with E-state index in [0.717, 1.165) is 0 Å². The molecule has 0 rings (SSSR count). The van der Waals surface area contributed by atoms with Gasteiger partial charge in [-0.15, -0.1) is 0 Å². The van der Waals surface area contributed by atoms with Crippen molar-refractivity contribution < 1.29 is 9.09 Å². The van der Waals surface area contributed by atoms with Gasteiger partial charge in [-0.25, -0.2) is 4.67 Å². The molecule has 1 atom stereocenters. The summed E-state index contributed by atoms with van der Waals surface area (Å²) in [4.78, 5) is 0. The minimum Gasteiger partial charge on any atom is -0.310 e. The molecule has 0 fully saturated rings. The molecule has 0 aromatic carbocycles. The third-order valence-electron chi connectivity index (χ3n) is 1.48. The van der Waals surface area contributed by atoms with Crippen LogP contribution in [0.4, 0.5) is 0 Å². The molecule has 0 aliphatic heterocycles. The first-order valence-electron chi connectivity index (χ1n) is 3.47. The summed E-state index contributed by atoms with van der Waals surface area (Å²) in [6.07, 6.45) is 0. The molecule has 0 aromatic rings. The molecule has 0 aliphatic carbocycles. The molecular weight excluding hydrogens is 163 g/mol. The summed E-state index contributed by atoms with van der Waals surface area (Å²) >= 11 is 0. The van der Waals surface area contributed by atoms with Gasteiger partial charge in [-0.2, -0.15) is 5.26 Å². The Bertz CT molecular complexity index is 195. The lowest BCUT2D eigenvalue weighted by Crippen LogP contribution is -2.19. The second-order valence-electron chi connectivity index (χ2n) is 1.94. The van der Waals surface area contributed by atoms with Crippen molar-refractivity contribution in [2.75, 3.05) is 20.2 Å². The SMILES string of the molecule is CCN(CC)P(=O)(C#N)OC. The van der Waals surface area contributed by atoms with Gasteiger partial charge < -0.3 is 4.52 Å². The molecule has 0 amide bonds. The van der Waals surface area contributed by atoms with E-state index < -0.39 is 7.52 Å². The predicted molar refractivity (Wildman–Crippen MR) is 43.1 cm³/mol. The van der Waals surface area contributed by atoms with E-state index in [0.29, 0.717) is 13.1 Å². The normalized spacial score (nSPS) is 15.9. The molecule has 64 valence electrons. The highest BCUT2D eigenvalue weighted by molar-refractivity contribution is 7.61. The lowest BCUT2D eigenvalue weighted by molar-refractivity contribution is 0.328. The van der Waals surface area contributed by atoms with E-state index >= 15 is 0 Å². The van der Waals surface area contributed by atoms with Gasteiger partial charge in [0.15, 0.2) is 5.81 Å². The van der Waals surface area contributed by atoms with Crippen LogP contribution in [-0.4, -0.2) is 24.9 Å². The average molecular weight is 176 g/mol. The summed E-state index contributed by atoms with van der Waals surface area (Å²) in [6.45, 7) is 4.81. The Morgan fingerprint density at radius 3 is 2.09 bits per heavy atom. The Labute approximate surface area is 67.3 Å². The minimum atomic E-state index is -3.15. The molecule has 11 heavy (non-hydrogen) atoms. The molecule has 0 aliphatic rings. The van der Waals surface area contributed by atoms with Crippen LogP contribution in [-0.2, 0) is 9.09 Å². The van der Waals surface area contributed by atoms with E-state index in [9.17, 15) is 4.57 Å². The molecule has 0 saturated heterocycles. The Morgan fingerprint density at radius 2 is 2.00 bits per heavy atom. The van der Waals surface area contributed by atoms with Crippen LogP contribution in [0.3, 0.4) is 0 Å². The van der Waals surface area contributed by atoms with Crippen molar-refractivity contribution in [2.45, 2.75) is 13.8 Å². The first-order chi connectivity index (χ1) is 5.14. The molecule has 0 radical (unpaired) electrons. The maximum atomic E-state index is 11.5. The molecule has 0 saturated carbocycles. The van der Waals surface area contributed by atoms with Gasteiger partial charge in [0.1, 0.15) is 0 Å². The summed E-state index contributed by atoms with van der Waals surface area (Å²) in [7, 11) is -1.86. The smallest absolute Gasteiger partial charge is 0.310 e. The molecule has 5 heteroatoms. The van der Waals surface area contributed by atoms with Crippen LogP contribution in [0.5, 0.6) is 0 Å². The van der Waals surface area contributed by atoms with Gasteiger partial charge in [0.05, 0.1) is 0 Å². The minimum absolute atomic E-state index is 0.565. The monoisotopic (exact) mass is 176 g/mol. The third-order valence-corrected chi connectivity index (χ3v) is 3.53. The van der Waals surface area contributed by atoms with Crippen LogP contribution < -0.4 is 0 Å². The summed E-state index contributed by atoms with van der Waals surface area (Å²) in [5.41, 5.74) is 0. The van der Waals surface area contributed by atoms with Crippen LogP contribution in [0, 0.1) is 11.1 Å². The zero-order valence-electron chi connectivity index (χ0n) is 7.07. The summed E-state index contributed by atoms with van der Waals surface area (Å²) in [5, 5.41) is 8.54. The van der Waals surface area contributed by atoms with Gasteiger partial charge >= 0.3 is 7.52 Å². The van der Waals surface area contributed by atoms with Crippen LogP contribution in [0.15, 0.2) is 0 Å². The molecule has 1 unspecified atom stereocenters. The van der Waals surface area contributed by atoms with Crippen molar-refractivity contribution in [3.8, 4) is 5.81 Å². The summed E-state index contributed by atoms with van der Waals surface area (Å²) in [5.74, 6) is 1.69. The van der Waals surface area contributed by atoms with E-state index in [1.54, 1.807) is 5.81 Å². The van der Waals surface area contributed by atoms with E-state index in [1.807, 2.05) is 13.8 Å². The van der Waals surface area contributed by atoms with Gasteiger partial charge in [0.25, 0.3) is 0 Å². The van der Waals surface area contributed by atoms with Gasteiger partial charge in [-0.1, -0.05) is 13.8 Å². The van der Waals surface area contributed by atoms with Gasteiger partial charge in [-0.3, -0.25) is 4.57 Å². The first kappa shape index (κ1) is 10.6. The third kappa shape index (κ3) is 2.30. The standard InChI is InChI=1S/C6H13N2O2P/c1-4-8(5-2)11(9,6-7)10-3/h4-5H2,1-3H3. The highest BCUT2D eigenvalue weighted by Gasteiger charge is 2.27. The van der Waals surface area contributed by atoms with Crippen molar-refractivity contribution in [2.24, 2.45) is 0 Å². The molecule has 0 N–H and O–H groups in total. The average Bonchev–Trinajstić information content (AvgIpc) is 2.06. The number of hydrogen-bond acceptors (Lipinski definition) is 3. The molecule has 0 bridgehead atoms. The molecule has 0 heterocycles. The Hall–Kier alpha value is -0.360. The van der Waals surface area contributed by atoms with Crippen LogP contribution in [0.2, 0.25) is 0 Å². The number of hydrogen-bond donors (Lipinski definition) is 0.